The number of halogens is 1. The average Bonchev–Trinajstić information content (AvgIpc) is 3.45. The Balaban J connectivity index is 0.00000380. The first-order chi connectivity index (χ1) is 17.6. The summed E-state index contributed by atoms with van der Waals surface area (Å²) in [5, 5.41) is 10.4. The van der Waals surface area contributed by atoms with Crippen molar-refractivity contribution in [3.8, 4) is 17.2 Å². The Morgan fingerprint density at radius 2 is 1.70 bits per heavy atom. The van der Waals surface area contributed by atoms with Gasteiger partial charge in [-0.15, -0.1) is 12.4 Å². The molecule has 4 rings (SSSR count). The molecule has 0 saturated carbocycles. The molecule has 7 heteroatoms. The summed E-state index contributed by atoms with van der Waals surface area (Å²) in [6, 6.07) is 13.6. The van der Waals surface area contributed by atoms with E-state index in [2.05, 4.69) is 49.1 Å². The zero-order valence-corrected chi connectivity index (χ0v) is 24.5. The van der Waals surface area contributed by atoms with Gasteiger partial charge in [-0.1, -0.05) is 50.6 Å². The molecular weight excluding hydrogens is 506 g/mol. The van der Waals surface area contributed by atoms with Gasteiger partial charge in [0.1, 0.15) is 5.75 Å². The molecule has 206 valence electrons. The van der Waals surface area contributed by atoms with E-state index in [0.717, 1.165) is 68.6 Å². The molecule has 0 spiro atoms. The zero-order valence-electron chi connectivity index (χ0n) is 22.8. The molecule has 5 nitrogen and oxygen atoms in total. The summed E-state index contributed by atoms with van der Waals surface area (Å²) in [6.07, 6.45) is 8.50. The molecule has 0 bridgehead atoms. The van der Waals surface area contributed by atoms with Crippen molar-refractivity contribution in [2.45, 2.75) is 101 Å². The highest BCUT2D eigenvalue weighted by molar-refractivity contribution is 8.00. The van der Waals surface area contributed by atoms with Crippen LogP contribution in [-0.4, -0.2) is 40.9 Å². The van der Waals surface area contributed by atoms with Crippen molar-refractivity contribution in [3.63, 3.8) is 0 Å². The van der Waals surface area contributed by atoms with Crippen LogP contribution in [0.3, 0.4) is 0 Å². The SMILES string of the molecule is CCCC1(CCC)Oc2ccc(C3CCC(CCc4ccc(OCC)c(OCC)c4)N3CO)cc2S1.Cl. The van der Waals surface area contributed by atoms with Crippen molar-refractivity contribution in [2.75, 3.05) is 19.9 Å². The molecule has 2 heterocycles. The van der Waals surface area contributed by atoms with Crippen LogP contribution in [0.25, 0.3) is 0 Å². The van der Waals surface area contributed by atoms with Crippen LogP contribution in [0.1, 0.15) is 89.8 Å². The second kappa shape index (κ2) is 14.0. The second-order valence-corrected chi connectivity index (χ2v) is 11.3. The van der Waals surface area contributed by atoms with E-state index in [4.69, 9.17) is 14.2 Å². The van der Waals surface area contributed by atoms with Crippen LogP contribution >= 0.6 is 24.2 Å². The smallest absolute Gasteiger partial charge is 0.161 e. The quantitative estimate of drug-likeness (QED) is 0.275. The van der Waals surface area contributed by atoms with Gasteiger partial charge in [0.05, 0.1) is 24.8 Å². The standard InChI is InChI=1S/C30H43NO4S.ClH/c1-5-17-30(18-6-2)35-27-16-11-23(20-29(27)36-30)25-14-13-24(31(25)21-32)12-9-22-10-15-26(33-7-3)28(19-22)34-8-4;/h10-11,15-16,19-20,24-25,32H,5-9,12-14,17-18,21H2,1-4H3;1H. The van der Waals surface area contributed by atoms with E-state index >= 15 is 0 Å². The largest absolute Gasteiger partial charge is 0.490 e. The lowest BCUT2D eigenvalue weighted by atomic mass is 10.0. The number of ether oxygens (including phenoxy) is 3. The molecule has 2 aliphatic heterocycles. The Kier molecular flexibility index (Phi) is 11.3. The van der Waals surface area contributed by atoms with Gasteiger partial charge in [0.25, 0.3) is 0 Å². The normalized spacial score (nSPS) is 20.2. The van der Waals surface area contributed by atoms with Gasteiger partial charge in [0, 0.05) is 12.1 Å². The van der Waals surface area contributed by atoms with Gasteiger partial charge < -0.3 is 19.3 Å². The van der Waals surface area contributed by atoms with E-state index in [1.54, 1.807) is 0 Å². The summed E-state index contributed by atoms with van der Waals surface area (Å²) in [5.41, 5.74) is 2.54. The number of aryl methyl sites for hydroxylation is 1. The zero-order chi connectivity index (χ0) is 25.5. The van der Waals surface area contributed by atoms with Crippen molar-refractivity contribution in [1.29, 1.82) is 0 Å². The van der Waals surface area contributed by atoms with Crippen molar-refractivity contribution < 1.29 is 19.3 Å². The van der Waals surface area contributed by atoms with Gasteiger partial charge in [-0.3, -0.25) is 4.90 Å². The molecular formula is C30H44ClNO4S. The van der Waals surface area contributed by atoms with Gasteiger partial charge in [0.15, 0.2) is 16.4 Å². The lowest BCUT2D eigenvalue weighted by molar-refractivity contribution is 0.0595. The third-order valence-electron chi connectivity index (χ3n) is 7.39. The van der Waals surface area contributed by atoms with Crippen molar-refractivity contribution >= 4 is 24.2 Å². The number of aliphatic hydroxyl groups is 1. The van der Waals surface area contributed by atoms with E-state index < -0.39 is 0 Å². The van der Waals surface area contributed by atoms with Crippen LogP contribution in [0.4, 0.5) is 0 Å². The minimum absolute atomic E-state index is 0. The first kappa shape index (κ1) is 29.9. The highest BCUT2D eigenvalue weighted by Gasteiger charge is 2.40. The maximum absolute atomic E-state index is 10.4. The maximum atomic E-state index is 10.4. The van der Waals surface area contributed by atoms with E-state index in [1.165, 1.54) is 16.0 Å². The van der Waals surface area contributed by atoms with Crippen LogP contribution in [0.5, 0.6) is 17.2 Å². The number of thioether (sulfide) groups is 1. The number of hydrogen-bond donors (Lipinski definition) is 1. The number of likely N-dealkylation sites (tertiary alicyclic amines) is 1. The lowest BCUT2D eigenvalue weighted by Gasteiger charge is -2.28. The minimum Gasteiger partial charge on any atom is -0.490 e. The van der Waals surface area contributed by atoms with Gasteiger partial charge in [-0.2, -0.15) is 0 Å². The summed E-state index contributed by atoms with van der Waals surface area (Å²) < 4.78 is 18.0. The minimum atomic E-state index is -0.114. The molecule has 0 amide bonds. The Morgan fingerprint density at radius 3 is 2.38 bits per heavy atom. The van der Waals surface area contributed by atoms with Gasteiger partial charge in [0.2, 0.25) is 0 Å². The van der Waals surface area contributed by atoms with Crippen molar-refractivity contribution in [1.82, 2.24) is 4.90 Å². The summed E-state index contributed by atoms with van der Waals surface area (Å²) in [6.45, 7) is 9.78. The van der Waals surface area contributed by atoms with Crippen molar-refractivity contribution in [3.05, 3.63) is 47.5 Å². The van der Waals surface area contributed by atoms with Crippen molar-refractivity contribution in [2.24, 2.45) is 0 Å². The fourth-order valence-corrected chi connectivity index (χ4v) is 7.36. The number of nitrogens with zero attached hydrogens (tertiary/aromatic N) is 1. The van der Waals surface area contributed by atoms with Crippen LogP contribution in [0.15, 0.2) is 41.3 Å². The number of rotatable bonds is 13. The predicted molar refractivity (Wildman–Crippen MR) is 155 cm³/mol. The summed E-state index contributed by atoms with van der Waals surface area (Å²) in [5.74, 6) is 2.65. The Labute approximate surface area is 233 Å². The van der Waals surface area contributed by atoms with Gasteiger partial charge >= 0.3 is 0 Å². The molecule has 37 heavy (non-hydrogen) atoms. The highest BCUT2D eigenvalue weighted by Crippen LogP contribution is 2.53. The Bertz CT molecular complexity index is 998. The first-order valence-electron chi connectivity index (χ1n) is 13.8. The predicted octanol–water partition coefficient (Wildman–Crippen LogP) is 7.77. The summed E-state index contributed by atoms with van der Waals surface area (Å²) in [7, 11) is 0. The Morgan fingerprint density at radius 1 is 0.973 bits per heavy atom. The van der Waals surface area contributed by atoms with Gasteiger partial charge in [-0.25, -0.2) is 0 Å². The Hall–Kier alpha value is -1.60. The lowest BCUT2D eigenvalue weighted by Crippen LogP contribution is -2.32. The van der Waals surface area contributed by atoms with Crippen LogP contribution in [0, 0.1) is 0 Å². The monoisotopic (exact) mass is 549 g/mol. The number of fused-ring (bicyclic) bond motifs is 1. The number of hydrogen-bond acceptors (Lipinski definition) is 6. The molecule has 2 aliphatic rings. The summed E-state index contributed by atoms with van der Waals surface area (Å²) in [4.78, 5) is 3.43. The summed E-state index contributed by atoms with van der Waals surface area (Å²) >= 11 is 1.91. The fourth-order valence-electron chi connectivity index (χ4n) is 5.81. The molecule has 0 radical (unpaired) electrons. The molecule has 0 aromatic heterocycles. The van der Waals surface area contributed by atoms with Crippen LogP contribution < -0.4 is 14.2 Å². The highest BCUT2D eigenvalue weighted by atomic mass is 35.5. The third kappa shape index (κ3) is 6.89. The molecule has 1 N–H and O–H groups in total. The van der Waals surface area contributed by atoms with E-state index in [0.29, 0.717) is 19.3 Å². The molecule has 2 aromatic carbocycles. The fraction of sp³-hybridized carbons (Fsp3) is 0.600. The van der Waals surface area contributed by atoms with E-state index in [9.17, 15) is 5.11 Å². The number of benzene rings is 2. The third-order valence-corrected chi connectivity index (χ3v) is 8.79. The molecule has 1 saturated heterocycles. The molecule has 2 unspecified atom stereocenters. The molecule has 2 atom stereocenters. The first-order valence-corrected chi connectivity index (χ1v) is 14.6. The van der Waals surface area contributed by atoms with Gasteiger partial charge in [-0.05, 0) is 87.8 Å². The molecule has 0 aliphatic carbocycles. The average molecular weight is 550 g/mol. The number of aliphatic hydroxyl groups excluding tert-OH is 1. The molecule has 2 aromatic rings. The second-order valence-electron chi connectivity index (χ2n) is 9.91. The topological polar surface area (TPSA) is 51.2 Å². The van der Waals surface area contributed by atoms with E-state index in [1.807, 2.05) is 31.7 Å². The molecule has 1 fully saturated rings. The van der Waals surface area contributed by atoms with Crippen LogP contribution in [-0.2, 0) is 6.42 Å². The van der Waals surface area contributed by atoms with E-state index in [-0.39, 0.29) is 30.1 Å². The maximum Gasteiger partial charge on any atom is 0.161 e. The van der Waals surface area contributed by atoms with Crippen LogP contribution in [0.2, 0.25) is 0 Å².